The molecule has 0 spiro atoms. The zero-order valence-electron chi connectivity index (χ0n) is 12.4. The van der Waals surface area contributed by atoms with Crippen LogP contribution in [0.3, 0.4) is 0 Å². The Kier molecular flexibility index (Phi) is 5.44. The molecule has 1 fully saturated rings. The Bertz CT molecular complexity index is 325. The standard InChI is InChI=1S/C16H28N2O/c1-13(2)17-11-14-7-6-10-18(12-14)16(19)15-8-4-3-5-9-15/h3-4,13-15,17H,5-12H2,1-2H3. The molecule has 2 atom stereocenters. The van der Waals surface area contributed by atoms with E-state index in [2.05, 4.69) is 36.2 Å². The maximum absolute atomic E-state index is 12.5. The SMILES string of the molecule is CC(C)NCC1CCCN(C(=O)C2CC=CCC2)C1. The lowest BCUT2D eigenvalue weighted by molar-refractivity contribution is -0.137. The summed E-state index contributed by atoms with van der Waals surface area (Å²) in [7, 11) is 0. The van der Waals surface area contributed by atoms with Gasteiger partial charge in [0, 0.05) is 25.0 Å². The molecular formula is C16H28N2O. The van der Waals surface area contributed by atoms with Crippen LogP contribution in [-0.2, 0) is 4.79 Å². The summed E-state index contributed by atoms with van der Waals surface area (Å²) in [5.41, 5.74) is 0. The number of piperidine rings is 1. The summed E-state index contributed by atoms with van der Waals surface area (Å²) >= 11 is 0. The molecule has 1 N–H and O–H groups in total. The zero-order chi connectivity index (χ0) is 13.7. The molecule has 0 saturated carbocycles. The third-order valence-electron chi connectivity index (χ3n) is 4.26. The highest BCUT2D eigenvalue weighted by molar-refractivity contribution is 5.79. The van der Waals surface area contributed by atoms with Crippen LogP contribution in [0.1, 0.15) is 46.0 Å². The second-order valence-corrected chi connectivity index (χ2v) is 6.34. The lowest BCUT2D eigenvalue weighted by Gasteiger charge is -2.35. The van der Waals surface area contributed by atoms with Crippen molar-refractivity contribution in [2.75, 3.05) is 19.6 Å². The van der Waals surface area contributed by atoms with Crippen molar-refractivity contribution in [1.82, 2.24) is 10.2 Å². The van der Waals surface area contributed by atoms with Crippen molar-refractivity contribution < 1.29 is 4.79 Å². The van der Waals surface area contributed by atoms with E-state index in [9.17, 15) is 4.79 Å². The van der Waals surface area contributed by atoms with Crippen LogP contribution in [0.5, 0.6) is 0 Å². The summed E-state index contributed by atoms with van der Waals surface area (Å²) in [4.78, 5) is 14.6. The molecule has 1 amide bonds. The van der Waals surface area contributed by atoms with Gasteiger partial charge < -0.3 is 10.2 Å². The Morgan fingerprint density at radius 1 is 1.37 bits per heavy atom. The summed E-state index contributed by atoms with van der Waals surface area (Å²) in [6.45, 7) is 7.34. The van der Waals surface area contributed by atoms with Gasteiger partial charge in [-0.1, -0.05) is 26.0 Å². The largest absolute Gasteiger partial charge is 0.342 e. The molecule has 2 unspecified atom stereocenters. The monoisotopic (exact) mass is 264 g/mol. The quantitative estimate of drug-likeness (QED) is 0.792. The second kappa shape index (κ2) is 7.09. The third kappa shape index (κ3) is 4.34. The zero-order valence-corrected chi connectivity index (χ0v) is 12.4. The molecule has 108 valence electrons. The van der Waals surface area contributed by atoms with Gasteiger partial charge in [0.25, 0.3) is 0 Å². The summed E-state index contributed by atoms with van der Waals surface area (Å²) < 4.78 is 0. The first-order valence-corrected chi connectivity index (χ1v) is 7.84. The molecule has 0 radical (unpaired) electrons. The van der Waals surface area contributed by atoms with Crippen LogP contribution < -0.4 is 5.32 Å². The van der Waals surface area contributed by atoms with Gasteiger partial charge in [-0.3, -0.25) is 4.79 Å². The van der Waals surface area contributed by atoms with Crippen molar-refractivity contribution >= 4 is 5.91 Å². The number of hydrogen-bond acceptors (Lipinski definition) is 2. The van der Waals surface area contributed by atoms with Gasteiger partial charge in [-0.15, -0.1) is 0 Å². The van der Waals surface area contributed by atoms with E-state index in [1.165, 1.54) is 12.8 Å². The molecule has 2 rings (SSSR count). The Morgan fingerprint density at radius 2 is 2.21 bits per heavy atom. The number of hydrogen-bond donors (Lipinski definition) is 1. The van der Waals surface area contributed by atoms with Crippen LogP contribution >= 0.6 is 0 Å². The lowest BCUT2D eigenvalue weighted by Crippen LogP contribution is -2.46. The van der Waals surface area contributed by atoms with Gasteiger partial charge in [0.2, 0.25) is 5.91 Å². The minimum Gasteiger partial charge on any atom is -0.342 e. The second-order valence-electron chi connectivity index (χ2n) is 6.34. The summed E-state index contributed by atoms with van der Waals surface area (Å²) in [5.74, 6) is 1.29. The van der Waals surface area contributed by atoms with Gasteiger partial charge in [0.1, 0.15) is 0 Å². The van der Waals surface area contributed by atoms with Crippen LogP contribution in [0.15, 0.2) is 12.2 Å². The molecule has 2 aliphatic rings. The van der Waals surface area contributed by atoms with E-state index in [1.54, 1.807) is 0 Å². The van der Waals surface area contributed by atoms with Crippen molar-refractivity contribution in [3.63, 3.8) is 0 Å². The van der Waals surface area contributed by atoms with E-state index in [-0.39, 0.29) is 5.92 Å². The molecule has 3 nitrogen and oxygen atoms in total. The summed E-state index contributed by atoms with van der Waals surface area (Å²) in [6.07, 6.45) is 9.86. The Hall–Kier alpha value is -0.830. The summed E-state index contributed by atoms with van der Waals surface area (Å²) in [6, 6.07) is 0.537. The van der Waals surface area contributed by atoms with Crippen LogP contribution in [0.4, 0.5) is 0 Å². The van der Waals surface area contributed by atoms with Crippen LogP contribution in [0.25, 0.3) is 0 Å². The maximum atomic E-state index is 12.5. The first-order chi connectivity index (χ1) is 9.16. The first kappa shape index (κ1) is 14.6. The van der Waals surface area contributed by atoms with Crippen molar-refractivity contribution in [3.8, 4) is 0 Å². The molecule has 19 heavy (non-hydrogen) atoms. The van der Waals surface area contributed by atoms with E-state index >= 15 is 0 Å². The number of rotatable bonds is 4. The average Bonchev–Trinajstić information content (AvgIpc) is 2.45. The highest BCUT2D eigenvalue weighted by Gasteiger charge is 2.28. The van der Waals surface area contributed by atoms with Crippen LogP contribution in [-0.4, -0.2) is 36.5 Å². The molecule has 1 heterocycles. The third-order valence-corrected chi connectivity index (χ3v) is 4.26. The number of allylic oxidation sites excluding steroid dienone is 2. The Balaban J connectivity index is 1.82. The molecule has 1 aliphatic carbocycles. The van der Waals surface area contributed by atoms with Gasteiger partial charge >= 0.3 is 0 Å². The molecule has 1 saturated heterocycles. The number of carbonyl (C=O) groups is 1. The fourth-order valence-electron chi connectivity index (χ4n) is 3.11. The fraction of sp³-hybridized carbons (Fsp3) is 0.812. The topological polar surface area (TPSA) is 32.3 Å². The number of carbonyl (C=O) groups excluding carboxylic acids is 1. The van der Waals surface area contributed by atoms with Gasteiger partial charge in [-0.25, -0.2) is 0 Å². The summed E-state index contributed by atoms with van der Waals surface area (Å²) in [5, 5.41) is 3.51. The molecule has 0 aromatic heterocycles. The molecule has 3 heteroatoms. The minimum absolute atomic E-state index is 0.252. The van der Waals surface area contributed by atoms with E-state index < -0.39 is 0 Å². The van der Waals surface area contributed by atoms with Crippen molar-refractivity contribution in [2.45, 2.75) is 52.0 Å². The van der Waals surface area contributed by atoms with Gasteiger partial charge in [0.05, 0.1) is 0 Å². The number of nitrogens with one attached hydrogen (secondary N) is 1. The van der Waals surface area contributed by atoms with E-state index in [0.717, 1.165) is 38.9 Å². The van der Waals surface area contributed by atoms with Gasteiger partial charge in [-0.05, 0) is 44.6 Å². The molecule has 0 aromatic rings. The maximum Gasteiger partial charge on any atom is 0.226 e. The smallest absolute Gasteiger partial charge is 0.226 e. The normalized spacial score (nSPS) is 27.8. The first-order valence-electron chi connectivity index (χ1n) is 7.84. The highest BCUT2D eigenvalue weighted by Crippen LogP contribution is 2.24. The minimum atomic E-state index is 0.252. The highest BCUT2D eigenvalue weighted by atomic mass is 16.2. The predicted octanol–water partition coefficient (Wildman–Crippen LogP) is 2.58. The van der Waals surface area contributed by atoms with Gasteiger partial charge in [-0.2, -0.15) is 0 Å². The Morgan fingerprint density at radius 3 is 2.89 bits per heavy atom. The van der Waals surface area contributed by atoms with Crippen LogP contribution in [0.2, 0.25) is 0 Å². The Labute approximate surface area is 117 Å². The fourth-order valence-corrected chi connectivity index (χ4v) is 3.11. The molecule has 1 aliphatic heterocycles. The molecule has 0 aromatic carbocycles. The van der Waals surface area contributed by atoms with Crippen LogP contribution in [0, 0.1) is 11.8 Å². The molecule has 0 bridgehead atoms. The lowest BCUT2D eigenvalue weighted by atomic mass is 9.91. The van der Waals surface area contributed by atoms with Crippen molar-refractivity contribution in [2.24, 2.45) is 11.8 Å². The predicted molar refractivity (Wildman–Crippen MR) is 78.9 cm³/mol. The number of nitrogens with zero attached hydrogens (tertiary/aromatic N) is 1. The van der Waals surface area contributed by atoms with E-state index in [1.807, 2.05) is 0 Å². The number of likely N-dealkylation sites (tertiary alicyclic amines) is 1. The van der Waals surface area contributed by atoms with Crippen molar-refractivity contribution in [1.29, 1.82) is 0 Å². The van der Waals surface area contributed by atoms with E-state index in [0.29, 0.717) is 17.9 Å². The average molecular weight is 264 g/mol. The van der Waals surface area contributed by atoms with Gasteiger partial charge in [0.15, 0.2) is 0 Å². The van der Waals surface area contributed by atoms with E-state index in [4.69, 9.17) is 0 Å². The molecular weight excluding hydrogens is 236 g/mol. The van der Waals surface area contributed by atoms with Crippen molar-refractivity contribution in [3.05, 3.63) is 12.2 Å². The number of amides is 1.